The minimum Gasteiger partial charge on any atom is -0.349 e. The fraction of sp³-hybridized carbons (Fsp3) is 0.875. The fourth-order valence-corrected chi connectivity index (χ4v) is 0.886. The third-order valence-corrected chi connectivity index (χ3v) is 1.52. The summed E-state index contributed by atoms with van der Waals surface area (Å²) in [6, 6.07) is 0. The normalized spacial score (nSPS) is 11.5. The number of aliphatic imine (C=N–C) groups is 1. The summed E-state index contributed by atoms with van der Waals surface area (Å²) < 4.78 is 0. The van der Waals surface area contributed by atoms with Gasteiger partial charge < -0.3 is 9.80 Å². The van der Waals surface area contributed by atoms with Crippen molar-refractivity contribution in [2.75, 3.05) is 34.2 Å². The van der Waals surface area contributed by atoms with Gasteiger partial charge in [-0.3, -0.25) is 4.99 Å². The van der Waals surface area contributed by atoms with Crippen LogP contribution in [0.15, 0.2) is 4.99 Å². The molecule has 0 rings (SSSR count). The molecule has 0 amide bonds. The molecular formula is C8H19N3. The van der Waals surface area contributed by atoms with Gasteiger partial charge in [0.15, 0.2) is 5.96 Å². The molecule has 0 radical (unpaired) electrons. The van der Waals surface area contributed by atoms with E-state index in [2.05, 4.69) is 23.9 Å². The van der Waals surface area contributed by atoms with E-state index in [0.717, 1.165) is 19.0 Å². The van der Waals surface area contributed by atoms with Gasteiger partial charge in [0.05, 0.1) is 0 Å². The predicted molar refractivity (Wildman–Crippen MR) is 50.0 cm³/mol. The molecule has 0 aromatic heterocycles. The first-order valence-corrected chi connectivity index (χ1v) is 4.06. The zero-order valence-electron chi connectivity index (χ0n) is 8.26. The summed E-state index contributed by atoms with van der Waals surface area (Å²) in [6.45, 7) is 6.01. The van der Waals surface area contributed by atoms with Gasteiger partial charge in [0.2, 0.25) is 0 Å². The van der Waals surface area contributed by atoms with Crippen molar-refractivity contribution in [1.82, 2.24) is 9.80 Å². The highest BCUT2D eigenvalue weighted by molar-refractivity contribution is 5.79. The Kier molecular flexibility index (Phi) is 4.66. The lowest BCUT2D eigenvalue weighted by Crippen LogP contribution is -2.37. The standard InChI is InChI=1S/C8H19N3/c1-6-9-8(10(3)4)11(5)7-2/h6-7H2,1-5H3. The molecule has 3 heteroatoms. The molecule has 66 valence electrons. The van der Waals surface area contributed by atoms with E-state index < -0.39 is 0 Å². The van der Waals surface area contributed by atoms with Crippen LogP contribution in [-0.4, -0.2) is 50.0 Å². The second-order valence-corrected chi connectivity index (χ2v) is 2.68. The Morgan fingerprint density at radius 3 is 2.00 bits per heavy atom. The van der Waals surface area contributed by atoms with E-state index in [1.807, 2.05) is 25.9 Å². The highest BCUT2D eigenvalue weighted by atomic mass is 15.3. The van der Waals surface area contributed by atoms with Crippen LogP contribution in [0.1, 0.15) is 13.8 Å². The summed E-state index contributed by atoms with van der Waals surface area (Å²) in [4.78, 5) is 8.53. The van der Waals surface area contributed by atoms with Crippen molar-refractivity contribution < 1.29 is 0 Å². The highest BCUT2D eigenvalue weighted by Gasteiger charge is 2.04. The molecule has 0 aliphatic heterocycles. The predicted octanol–water partition coefficient (Wildman–Crippen LogP) is 0.876. The molecule has 0 heterocycles. The van der Waals surface area contributed by atoms with Gasteiger partial charge in [-0.1, -0.05) is 0 Å². The molecular weight excluding hydrogens is 138 g/mol. The van der Waals surface area contributed by atoms with Crippen LogP contribution in [0.5, 0.6) is 0 Å². The lowest BCUT2D eigenvalue weighted by Gasteiger charge is -2.25. The third-order valence-electron chi connectivity index (χ3n) is 1.52. The van der Waals surface area contributed by atoms with E-state index in [9.17, 15) is 0 Å². The van der Waals surface area contributed by atoms with Crippen molar-refractivity contribution in [1.29, 1.82) is 0 Å². The van der Waals surface area contributed by atoms with Crippen LogP contribution >= 0.6 is 0 Å². The lowest BCUT2D eigenvalue weighted by molar-refractivity contribution is 0.439. The van der Waals surface area contributed by atoms with Crippen LogP contribution in [-0.2, 0) is 0 Å². The van der Waals surface area contributed by atoms with Gasteiger partial charge >= 0.3 is 0 Å². The van der Waals surface area contributed by atoms with E-state index in [-0.39, 0.29) is 0 Å². The summed E-state index contributed by atoms with van der Waals surface area (Å²) in [5.41, 5.74) is 0. The zero-order valence-corrected chi connectivity index (χ0v) is 8.26. The average Bonchev–Trinajstić information content (AvgIpc) is 1.98. The molecule has 0 N–H and O–H groups in total. The van der Waals surface area contributed by atoms with Crippen molar-refractivity contribution in [3.8, 4) is 0 Å². The van der Waals surface area contributed by atoms with Gasteiger partial charge in [0, 0.05) is 34.2 Å². The van der Waals surface area contributed by atoms with E-state index in [1.165, 1.54) is 0 Å². The number of nitrogens with zero attached hydrogens (tertiary/aromatic N) is 3. The average molecular weight is 157 g/mol. The van der Waals surface area contributed by atoms with Crippen molar-refractivity contribution in [2.45, 2.75) is 13.8 Å². The molecule has 0 fully saturated rings. The minimum absolute atomic E-state index is 0.845. The second-order valence-electron chi connectivity index (χ2n) is 2.68. The topological polar surface area (TPSA) is 18.8 Å². The molecule has 0 aliphatic rings. The van der Waals surface area contributed by atoms with Crippen LogP contribution in [0.2, 0.25) is 0 Å². The van der Waals surface area contributed by atoms with Gasteiger partial charge in [0.25, 0.3) is 0 Å². The fourth-order valence-electron chi connectivity index (χ4n) is 0.886. The van der Waals surface area contributed by atoms with Gasteiger partial charge in [-0.15, -0.1) is 0 Å². The van der Waals surface area contributed by atoms with Crippen molar-refractivity contribution in [2.24, 2.45) is 4.99 Å². The summed E-state index contributed by atoms with van der Waals surface area (Å²) in [5, 5.41) is 0. The first kappa shape index (κ1) is 10.3. The molecule has 0 atom stereocenters. The first-order valence-electron chi connectivity index (χ1n) is 4.06. The Morgan fingerprint density at radius 2 is 1.73 bits per heavy atom. The molecule has 0 spiro atoms. The van der Waals surface area contributed by atoms with E-state index >= 15 is 0 Å². The maximum atomic E-state index is 4.36. The second kappa shape index (κ2) is 4.99. The van der Waals surface area contributed by atoms with Gasteiger partial charge in [0.1, 0.15) is 0 Å². The van der Waals surface area contributed by atoms with Gasteiger partial charge in [-0.2, -0.15) is 0 Å². The van der Waals surface area contributed by atoms with Gasteiger partial charge in [-0.25, -0.2) is 0 Å². The maximum absolute atomic E-state index is 4.36. The van der Waals surface area contributed by atoms with Crippen molar-refractivity contribution in [3.63, 3.8) is 0 Å². The number of rotatable bonds is 2. The Labute approximate surface area is 69.7 Å². The monoisotopic (exact) mass is 157 g/mol. The Bertz CT molecular complexity index is 129. The zero-order chi connectivity index (χ0) is 8.85. The van der Waals surface area contributed by atoms with Gasteiger partial charge in [-0.05, 0) is 13.8 Å². The number of hydrogen-bond donors (Lipinski definition) is 0. The van der Waals surface area contributed by atoms with Crippen LogP contribution < -0.4 is 0 Å². The summed E-state index contributed by atoms with van der Waals surface area (Å²) in [6.07, 6.45) is 0. The molecule has 0 saturated heterocycles. The molecule has 0 bridgehead atoms. The van der Waals surface area contributed by atoms with E-state index in [0.29, 0.717) is 0 Å². The molecule has 0 saturated carbocycles. The van der Waals surface area contributed by atoms with Crippen molar-refractivity contribution in [3.05, 3.63) is 0 Å². The Hall–Kier alpha value is -0.730. The molecule has 0 aromatic rings. The third kappa shape index (κ3) is 3.25. The maximum Gasteiger partial charge on any atom is 0.195 e. The largest absolute Gasteiger partial charge is 0.349 e. The van der Waals surface area contributed by atoms with E-state index in [1.54, 1.807) is 0 Å². The SMILES string of the molecule is CCN=C(N(C)C)N(C)CC. The lowest BCUT2D eigenvalue weighted by atomic mass is 10.6. The Balaban J connectivity index is 4.21. The molecule has 0 aliphatic carbocycles. The van der Waals surface area contributed by atoms with E-state index in [4.69, 9.17) is 0 Å². The molecule has 0 unspecified atom stereocenters. The van der Waals surface area contributed by atoms with Crippen LogP contribution in [0, 0.1) is 0 Å². The Morgan fingerprint density at radius 1 is 1.18 bits per heavy atom. The van der Waals surface area contributed by atoms with Crippen LogP contribution in [0.3, 0.4) is 0 Å². The number of hydrogen-bond acceptors (Lipinski definition) is 1. The summed E-state index contributed by atoms with van der Waals surface area (Å²) in [5.74, 6) is 1.05. The quantitative estimate of drug-likeness (QED) is 0.437. The van der Waals surface area contributed by atoms with Crippen LogP contribution in [0.25, 0.3) is 0 Å². The smallest absolute Gasteiger partial charge is 0.195 e. The molecule has 0 aromatic carbocycles. The molecule has 3 nitrogen and oxygen atoms in total. The summed E-state index contributed by atoms with van der Waals surface area (Å²) >= 11 is 0. The number of guanidine groups is 1. The van der Waals surface area contributed by atoms with Crippen molar-refractivity contribution >= 4 is 5.96 Å². The first-order chi connectivity index (χ1) is 5.13. The minimum atomic E-state index is 0.845. The molecule has 11 heavy (non-hydrogen) atoms. The van der Waals surface area contributed by atoms with Crippen LogP contribution in [0.4, 0.5) is 0 Å². The summed E-state index contributed by atoms with van der Waals surface area (Å²) in [7, 11) is 6.08. The highest BCUT2D eigenvalue weighted by Crippen LogP contribution is 1.91.